The van der Waals surface area contributed by atoms with Crippen LogP contribution in [0.15, 0.2) is 37.2 Å². The van der Waals surface area contributed by atoms with E-state index in [1.54, 1.807) is 18.5 Å². The van der Waals surface area contributed by atoms with Crippen molar-refractivity contribution in [2.45, 2.75) is 18.4 Å². The van der Waals surface area contributed by atoms with Crippen LogP contribution in [-0.2, 0) is 10.3 Å². The lowest BCUT2D eigenvalue weighted by Gasteiger charge is -2.40. The number of rotatable bonds is 4. The van der Waals surface area contributed by atoms with Crippen LogP contribution in [-0.4, -0.2) is 40.8 Å². The van der Waals surface area contributed by atoms with Crippen molar-refractivity contribution in [3.05, 3.63) is 42.7 Å². The van der Waals surface area contributed by atoms with Crippen molar-refractivity contribution in [3.63, 3.8) is 0 Å². The van der Waals surface area contributed by atoms with Crippen molar-refractivity contribution >= 4 is 6.09 Å². The molecular formula is C14H18N2O3. The lowest BCUT2D eigenvalue weighted by Crippen LogP contribution is -2.46. The highest BCUT2D eigenvalue weighted by molar-refractivity contribution is 5.65. The minimum Gasteiger partial charge on any atom is -0.465 e. The second-order valence-corrected chi connectivity index (χ2v) is 4.61. The summed E-state index contributed by atoms with van der Waals surface area (Å²) in [7, 11) is 0. The second-order valence-electron chi connectivity index (χ2n) is 4.61. The maximum atomic E-state index is 11.0. The predicted octanol–water partition coefficient (Wildman–Crippen LogP) is 2.25. The average molecular weight is 262 g/mol. The van der Waals surface area contributed by atoms with Gasteiger partial charge in [0.2, 0.25) is 0 Å². The summed E-state index contributed by atoms with van der Waals surface area (Å²) in [5.74, 6) is 0. The van der Waals surface area contributed by atoms with Crippen LogP contribution in [0.25, 0.3) is 0 Å². The summed E-state index contributed by atoms with van der Waals surface area (Å²) in [6.45, 7) is 5.06. The number of carbonyl (C=O) groups is 1. The Kier molecular flexibility index (Phi) is 4.16. The van der Waals surface area contributed by atoms with E-state index in [0.29, 0.717) is 32.5 Å². The monoisotopic (exact) mass is 262 g/mol. The Hall–Kier alpha value is -1.88. The van der Waals surface area contributed by atoms with Crippen LogP contribution in [0, 0.1) is 0 Å². The number of hydrogen-bond acceptors (Lipinski definition) is 3. The van der Waals surface area contributed by atoms with Crippen molar-refractivity contribution in [1.82, 2.24) is 9.88 Å². The molecule has 1 fully saturated rings. The molecule has 0 radical (unpaired) electrons. The molecule has 2 rings (SSSR count). The molecule has 1 amide bonds. The molecule has 1 N–H and O–H groups in total. The van der Waals surface area contributed by atoms with Crippen LogP contribution >= 0.6 is 0 Å². The average Bonchev–Trinajstić information content (AvgIpc) is 2.46. The van der Waals surface area contributed by atoms with Crippen LogP contribution in [0.2, 0.25) is 0 Å². The highest BCUT2D eigenvalue weighted by Crippen LogP contribution is 2.36. The van der Waals surface area contributed by atoms with Crippen LogP contribution in [0.4, 0.5) is 4.79 Å². The molecule has 0 bridgehead atoms. The molecule has 5 heteroatoms. The topological polar surface area (TPSA) is 62.7 Å². The molecule has 0 spiro atoms. The Balaban J connectivity index is 2.18. The Morgan fingerprint density at radius 2 is 2.32 bits per heavy atom. The fraction of sp³-hybridized carbons (Fsp3) is 0.429. The van der Waals surface area contributed by atoms with E-state index in [0.717, 1.165) is 5.56 Å². The smallest absolute Gasteiger partial charge is 0.407 e. The van der Waals surface area contributed by atoms with E-state index in [2.05, 4.69) is 11.6 Å². The van der Waals surface area contributed by atoms with Gasteiger partial charge in [-0.1, -0.05) is 12.1 Å². The van der Waals surface area contributed by atoms with Crippen molar-refractivity contribution < 1.29 is 14.6 Å². The predicted molar refractivity (Wildman–Crippen MR) is 70.9 cm³/mol. The number of nitrogens with zero attached hydrogens (tertiary/aromatic N) is 2. The van der Waals surface area contributed by atoms with Gasteiger partial charge in [0.1, 0.15) is 0 Å². The van der Waals surface area contributed by atoms with Gasteiger partial charge in [0.05, 0.1) is 12.2 Å². The fourth-order valence-electron chi connectivity index (χ4n) is 2.43. The summed E-state index contributed by atoms with van der Waals surface area (Å²) in [5.41, 5.74) is 0.552. The molecular weight excluding hydrogens is 244 g/mol. The maximum absolute atomic E-state index is 11.0. The summed E-state index contributed by atoms with van der Waals surface area (Å²) in [4.78, 5) is 16.5. The van der Waals surface area contributed by atoms with Crippen LogP contribution in [0.5, 0.6) is 0 Å². The first-order valence-corrected chi connectivity index (χ1v) is 6.31. The third-order valence-corrected chi connectivity index (χ3v) is 3.51. The first-order chi connectivity index (χ1) is 9.18. The number of piperidine rings is 1. The highest BCUT2D eigenvalue weighted by atomic mass is 16.5. The molecule has 0 saturated carbocycles. The van der Waals surface area contributed by atoms with Gasteiger partial charge in [-0.15, -0.1) is 6.58 Å². The molecule has 1 aliphatic heterocycles. The van der Waals surface area contributed by atoms with E-state index in [-0.39, 0.29) is 0 Å². The van der Waals surface area contributed by atoms with Crippen molar-refractivity contribution in [2.24, 2.45) is 0 Å². The lowest BCUT2D eigenvalue weighted by molar-refractivity contribution is -0.0749. The molecule has 1 aromatic heterocycles. The molecule has 1 aromatic rings. The number of pyridine rings is 1. The highest BCUT2D eigenvalue weighted by Gasteiger charge is 2.38. The second kappa shape index (κ2) is 5.84. The third kappa shape index (κ3) is 2.93. The van der Waals surface area contributed by atoms with Gasteiger partial charge in [0, 0.05) is 31.0 Å². The molecule has 5 nitrogen and oxygen atoms in total. The quantitative estimate of drug-likeness (QED) is 0.845. The van der Waals surface area contributed by atoms with Gasteiger partial charge in [-0.05, 0) is 18.9 Å². The van der Waals surface area contributed by atoms with E-state index in [9.17, 15) is 4.79 Å². The number of aromatic nitrogens is 1. The molecule has 102 valence electrons. The summed E-state index contributed by atoms with van der Waals surface area (Å²) < 4.78 is 5.96. The molecule has 0 atom stereocenters. The molecule has 0 unspecified atom stereocenters. The van der Waals surface area contributed by atoms with Crippen molar-refractivity contribution in [2.75, 3.05) is 19.7 Å². The molecule has 0 aromatic carbocycles. The van der Waals surface area contributed by atoms with Gasteiger partial charge < -0.3 is 14.7 Å². The first kappa shape index (κ1) is 13.5. The van der Waals surface area contributed by atoms with Crippen LogP contribution in [0.3, 0.4) is 0 Å². The Labute approximate surface area is 112 Å². The summed E-state index contributed by atoms with van der Waals surface area (Å²) in [5, 5.41) is 9.01. The van der Waals surface area contributed by atoms with Crippen LogP contribution in [0.1, 0.15) is 18.4 Å². The number of amides is 1. The number of ether oxygens (including phenoxy) is 1. The normalized spacial score (nSPS) is 18.0. The molecule has 1 saturated heterocycles. The van der Waals surface area contributed by atoms with Gasteiger partial charge >= 0.3 is 6.09 Å². The SMILES string of the molecule is C=CCOC1(c2cccnc2)CCN(C(=O)O)CC1. The van der Waals surface area contributed by atoms with Gasteiger partial charge in [-0.3, -0.25) is 4.98 Å². The van der Waals surface area contributed by atoms with E-state index < -0.39 is 11.7 Å². The molecule has 0 aliphatic carbocycles. The Bertz CT molecular complexity index is 439. The van der Waals surface area contributed by atoms with Crippen molar-refractivity contribution in [3.8, 4) is 0 Å². The van der Waals surface area contributed by atoms with E-state index in [1.165, 1.54) is 4.90 Å². The number of carboxylic acid groups (broad SMARTS) is 1. The molecule has 19 heavy (non-hydrogen) atoms. The van der Waals surface area contributed by atoms with Crippen molar-refractivity contribution in [1.29, 1.82) is 0 Å². The van der Waals surface area contributed by atoms with Gasteiger partial charge in [-0.2, -0.15) is 0 Å². The minimum absolute atomic E-state index is 0.446. The van der Waals surface area contributed by atoms with Gasteiger partial charge in [-0.25, -0.2) is 4.79 Å². The van der Waals surface area contributed by atoms with E-state index in [1.807, 2.05) is 12.1 Å². The van der Waals surface area contributed by atoms with Gasteiger partial charge in [0.25, 0.3) is 0 Å². The largest absolute Gasteiger partial charge is 0.465 e. The molecule has 2 heterocycles. The van der Waals surface area contributed by atoms with Crippen LogP contribution < -0.4 is 0 Å². The van der Waals surface area contributed by atoms with Gasteiger partial charge in [0.15, 0.2) is 0 Å². The third-order valence-electron chi connectivity index (χ3n) is 3.51. The fourth-order valence-corrected chi connectivity index (χ4v) is 2.43. The zero-order valence-electron chi connectivity index (χ0n) is 10.8. The first-order valence-electron chi connectivity index (χ1n) is 6.31. The zero-order chi connectivity index (χ0) is 13.7. The maximum Gasteiger partial charge on any atom is 0.407 e. The Morgan fingerprint density at radius 3 is 2.84 bits per heavy atom. The zero-order valence-corrected chi connectivity index (χ0v) is 10.8. The number of hydrogen-bond donors (Lipinski definition) is 1. The Morgan fingerprint density at radius 1 is 1.58 bits per heavy atom. The van der Waals surface area contributed by atoms with E-state index in [4.69, 9.17) is 9.84 Å². The van der Waals surface area contributed by atoms with E-state index >= 15 is 0 Å². The summed E-state index contributed by atoms with van der Waals surface area (Å²) in [6.07, 6.45) is 5.62. The standard InChI is InChI=1S/C14H18N2O3/c1-2-10-19-14(12-4-3-7-15-11-12)5-8-16(9-6-14)13(17)18/h2-4,7,11H,1,5-6,8-10H2,(H,17,18). The lowest BCUT2D eigenvalue weighted by atomic mass is 9.85. The number of likely N-dealkylation sites (tertiary alicyclic amines) is 1. The minimum atomic E-state index is -0.872. The summed E-state index contributed by atoms with van der Waals surface area (Å²) in [6, 6.07) is 3.85. The molecule has 1 aliphatic rings. The summed E-state index contributed by atoms with van der Waals surface area (Å²) >= 11 is 0.